The second kappa shape index (κ2) is 5.52. The van der Waals surface area contributed by atoms with Crippen molar-refractivity contribution >= 4 is 61.9 Å². The van der Waals surface area contributed by atoms with Gasteiger partial charge in [-0.05, 0) is 18.2 Å². The second-order valence-electron chi connectivity index (χ2n) is 4.27. The first-order chi connectivity index (χ1) is 10.1. The van der Waals surface area contributed by atoms with Gasteiger partial charge in [0.05, 0.1) is 26.1 Å². The van der Waals surface area contributed by atoms with Gasteiger partial charge in [0.1, 0.15) is 4.88 Å². The van der Waals surface area contributed by atoms with Gasteiger partial charge in [-0.2, -0.15) is 0 Å². The average Bonchev–Trinajstić information content (AvgIpc) is 2.82. The van der Waals surface area contributed by atoms with Gasteiger partial charge in [-0.25, -0.2) is 0 Å². The molecule has 7 heteroatoms. The fourth-order valence-electron chi connectivity index (χ4n) is 1.92. The molecule has 3 rings (SSSR count). The Morgan fingerprint density at radius 2 is 2.10 bits per heavy atom. The Hall–Kier alpha value is -1.82. The van der Waals surface area contributed by atoms with E-state index in [-0.39, 0.29) is 5.91 Å². The normalized spacial score (nSPS) is 10.8. The van der Waals surface area contributed by atoms with Crippen LogP contribution in [0.2, 0.25) is 10.0 Å². The van der Waals surface area contributed by atoms with Crippen LogP contribution >= 0.6 is 34.5 Å². The summed E-state index contributed by atoms with van der Waals surface area (Å²) in [5.41, 5.74) is 6.91. The van der Waals surface area contributed by atoms with Crippen molar-refractivity contribution in [1.29, 1.82) is 0 Å². The number of thiophene rings is 1. The predicted octanol–water partition coefficient (Wildman–Crippen LogP) is 4.44. The van der Waals surface area contributed by atoms with E-state index in [0.29, 0.717) is 26.3 Å². The third kappa shape index (κ3) is 2.55. The molecule has 0 aliphatic carbocycles. The number of fused-ring (bicyclic) bond motifs is 1. The lowest BCUT2D eigenvalue weighted by molar-refractivity contribution is 0.103. The van der Waals surface area contributed by atoms with Crippen molar-refractivity contribution in [2.45, 2.75) is 0 Å². The lowest BCUT2D eigenvalue weighted by Gasteiger charge is -2.07. The minimum absolute atomic E-state index is 0.300. The molecule has 0 saturated carbocycles. The Bertz CT molecular complexity index is 847. The van der Waals surface area contributed by atoms with E-state index >= 15 is 0 Å². The number of nitrogen functional groups attached to an aromatic ring is 1. The summed E-state index contributed by atoms with van der Waals surface area (Å²) in [6, 6.07) is 6.82. The van der Waals surface area contributed by atoms with Gasteiger partial charge in [0.25, 0.3) is 5.91 Å². The molecule has 0 spiro atoms. The molecule has 3 aromatic rings. The number of carbonyl (C=O) groups is 1. The summed E-state index contributed by atoms with van der Waals surface area (Å²) in [5, 5.41) is 4.22. The minimum atomic E-state index is -0.321. The van der Waals surface area contributed by atoms with Gasteiger partial charge >= 0.3 is 0 Å². The van der Waals surface area contributed by atoms with Crippen molar-refractivity contribution in [3.05, 3.63) is 51.6 Å². The van der Waals surface area contributed by atoms with Crippen LogP contribution in [0.15, 0.2) is 36.7 Å². The van der Waals surface area contributed by atoms with Crippen molar-refractivity contribution in [1.82, 2.24) is 4.98 Å². The maximum Gasteiger partial charge on any atom is 0.267 e. The zero-order valence-corrected chi connectivity index (χ0v) is 12.9. The van der Waals surface area contributed by atoms with Gasteiger partial charge in [-0.1, -0.05) is 29.3 Å². The number of rotatable bonds is 2. The maximum absolute atomic E-state index is 12.4. The van der Waals surface area contributed by atoms with Crippen LogP contribution in [0.25, 0.3) is 10.1 Å². The zero-order chi connectivity index (χ0) is 15.0. The molecular weight excluding hydrogens is 329 g/mol. The second-order valence-corrected chi connectivity index (χ2v) is 6.11. The van der Waals surface area contributed by atoms with Gasteiger partial charge < -0.3 is 11.1 Å². The molecule has 106 valence electrons. The highest BCUT2D eigenvalue weighted by molar-refractivity contribution is 7.21. The largest absolute Gasteiger partial charge is 0.397 e. The van der Waals surface area contributed by atoms with Crippen LogP contribution in [-0.2, 0) is 0 Å². The van der Waals surface area contributed by atoms with E-state index in [9.17, 15) is 4.79 Å². The number of pyridine rings is 1. The summed E-state index contributed by atoms with van der Waals surface area (Å²) in [4.78, 5) is 16.8. The topological polar surface area (TPSA) is 68.0 Å². The van der Waals surface area contributed by atoms with Crippen molar-refractivity contribution in [2.24, 2.45) is 0 Å². The van der Waals surface area contributed by atoms with Crippen LogP contribution < -0.4 is 11.1 Å². The van der Waals surface area contributed by atoms with Crippen LogP contribution in [-0.4, -0.2) is 10.9 Å². The molecule has 0 atom stereocenters. The summed E-state index contributed by atoms with van der Waals surface area (Å²) in [7, 11) is 0. The Labute approximate surface area is 134 Å². The molecule has 2 aromatic heterocycles. The Morgan fingerprint density at radius 3 is 2.86 bits per heavy atom. The quantitative estimate of drug-likeness (QED) is 0.726. The lowest BCUT2D eigenvalue weighted by Crippen LogP contribution is -2.12. The number of nitrogens with two attached hydrogens (primary N) is 1. The Balaban J connectivity index is 1.97. The molecule has 0 bridgehead atoms. The predicted molar refractivity (Wildman–Crippen MR) is 88.4 cm³/mol. The van der Waals surface area contributed by atoms with Crippen LogP contribution in [0, 0.1) is 0 Å². The molecule has 2 heterocycles. The third-order valence-corrected chi connectivity index (χ3v) is 4.91. The summed E-state index contributed by atoms with van der Waals surface area (Å²) < 4.78 is 0.859. The highest BCUT2D eigenvalue weighted by Crippen LogP contribution is 2.35. The third-order valence-electron chi connectivity index (χ3n) is 2.94. The zero-order valence-electron chi connectivity index (χ0n) is 10.6. The minimum Gasteiger partial charge on any atom is -0.397 e. The summed E-state index contributed by atoms with van der Waals surface area (Å²) in [6.45, 7) is 0. The molecule has 0 saturated heterocycles. The first-order valence-electron chi connectivity index (χ1n) is 5.95. The number of benzene rings is 1. The fourth-order valence-corrected chi connectivity index (χ4v) is 3.25. The highest BCUT2D eigenvalue weighted by Gasteiger charge is 2.17. The molecule has 1 amide bonds. The molecule has 4 nitrogen and oxygen atoms in total. The van der Waals surface area contributed by atoms with E-state index in [1.165, 1.54) is 11.3 Å². The van der Waals surface area contributed by atoms with Gasteiger partial charge in [0.15, 0.2) is 0 Å². The SMILES string of the molecule is Nc1c(C(=O)Nc2cccc(Cl)c2Cl)sc2cnccc12. The van der Waals surface area contributed by atoms with E-state index in [1.54, 1.807) is 36.7 Å². The maximum atomic E-state index is 12.4. The van der Waals surface area contributed by atoms with Gasteiger partial charge in [0, 0.05) is 17.8 Å². The van der Waals surface area contributed by atoms with E-state index in [4.69, 9.17) is 28.9 Å². The number of halogens is 2. The summed E-state index contributed by atoms with van der Waals surface area (Å²) in [5.74, 6) is -0.321. The van der Waals surface area contributed by atoms with Crippen LogP contribution in [0.3, 0.4) is 0 Å². The number of hydrogen-bond acceptors (Lipinski definition) is 4. The Kier molecular flexibility index (Phi) is 3.71. The number of nitrogens with zero attached hydrogens (tertiary/aromatic N) is 1. The molecule has 3 N–H and O–H groups in total. The van der Waals surface area contributed by atoms with E-state index in [2.05, 4.69) is 10.3 Å². The average molecular weight is 338 g/mol. The number of amides is 1. The molecule has 0 aliphatic rings. The summed E-state index contributed by atoms with van der Waals surface area (Å²) >= 11 is 13.3. The molecule has 0 unspecified atom stereocenters. The standard InChI is InChI=1S/C14H9Cl2N3OS/c15-8-2-1-3-9(11(8)16)19-14(20)13-12(17)7-4-5-18-6-10(7)21-13/h1-6H,17H2,(H,19,20). The Morgan fingerprint density at radius 1 is 1.29 bits per heavy atom. The van der Waals surface area contributed by atoms with Crippen molar-refractivity contribution in [3.8, 4) is 0 Å². The number of aromatic nitrogens is 1. The number of anilines is 2. The van der Waals surface area contributed by atoms with Gasteiger partial charge in [0.2, 0.25) is 0 Å². The van der Waals surface area contributed by atoms with Crippen LogP contribution in [0.5, 0.6) is 0 Å². The molecular formula is C14H9Cl2N3OS. The smallest absolute Gasteiger partial charge is 0.267 e. The number of hydrogen-bond donors (Lipinski definition) is 2. The highest BCUT2D eigenvalue weighted by atomic mass is 35.5. The monoisotopic (exact) mass is 337 g/mol. The first kappa shape index (κ1) is 14.1. The van der Waals surface area contributed by atoms with Crippen molar-refractivity contribution < 1.29 is 4.79 Å². The van der Waals surface area contributed by atoms with E-state index in [1.807, 2.05) is 0 Å². The molecule has 0 fully saturated rings. The van der Waals surface area contributed by atoms with Crippen LogP contribution in [0.4, 0.5) is 11.4 Å². The molecule has 21 heavy (non-hydrogen) atoms. The van der Waals surface area contributed by atoms with Gasteiger partial charge in [-0.3, -0.25) is 9.78 Å². The van der Waals surface area contributed by atoms with Crippen LogP contribution in [0.1, 0.15) is 9.67 Å². The van der Waals surface area contributed by atoms with Crippen molar-refractivity contribution in [3.63, 3.8) is 0 Å². The first-order valence-corrected chi connectivity index (χ1v) is 7.52. The number of nitrogens with one attached hydrogen (secondary N) is 1. The lowest BCUT2D eigenvalue weighted by atomic mass is 10.2. The molecule has 1 aromatic carbocycles. The summed E-state index contributed by atoms with van der Waals surface area (Å²) in [6.07, 6.45) is 3.32. The van der Waals surface area contributed by atoms with Crippen molar-refractivity contribution in [2.75, 3.05) is 11.1 Å². The fraction of sp³-hybridized carbons (Fsp3) is 0. The molecule has 0 aliphatic heterocycles. The van der Waals surface area contributed by atoms with E-state index in [0.717, 1.165) is 10.1 Å². The molecule has 0 radical (unpaired) electrons. The number of carbonyl (C=O) groups excluding carboxylic acids is 1. The van der Waals surface area contributed by atoms with Gasteiger partial charge in [-0.15, -0.1) is 11.3 Å². The van der Waals surface area contributed by atoms with E-state index < -0.39 is 0 Å².